The Balaban J connectivity index is 2.69. The highest BCUT2D eigenvalue weighted by atomic mass is 35.5. The number of thiophene rings is 1. The first kappa shape index (κ1) is 14.4. The summed E-state index contributed by atoms with van der Waals surface area (Å²) in [6, 6.07) is 2.94. The SMILES string of the molecule is Cc1cc(Cl)c2sc(S(=O)(=O)NC(=O)O)cc2c1Cl. The van der Waals surface area contributed by atoms with Crippen LogP contribution in [0.2, 0.25) is 10.0 Å². The molecule has 0 aliphatic rings. The maximum atomic E-state index is 11.8. The van der Waals surface area contributed by atoms with Gasteiger partial charge in [-0.1, -0.05) is 23.2 Å². The van der Waals surface area contributed by atoms with Gasteiger partial charge in [-0.15, -0.1) is 11.3 Å². The number of benzene rings is 1. The summed E-state index contributed by atoms with van der Waals surface area (Å²) in [6.45, 7) is 1.75. The number of nitrogens with one attached hydrogen (secondary N) is 1. The molecule has 0 atom stereocenters. The Kier molecular flexibility index (Phi) is 3.65. The second kappa shape index (κ2) is 4.82. The van der Waals surface area contributed by atoms with E-state index in [1.807, 2.05) is 0 Å². The number of hydrogen-bond donors (Lipinski definition) is 2. The minimum atomic E-state index is -4.12. The molecule has 5 nitrogen and oxygen atoms in total. The summed E-state index contributed by atoms with van der Waals surface area (Å²) in [6.07, 6.45) is -1.65. The van der Waals surface area contributed by atoms with Crippen molar-refractivity contribution in [3.63, 3.8) is 0 Å². The lowest BCUT2D eigenvalue weighted by molar-refractivity contribution is 0.201. The van der Waals surface area contributed by atoms with Crippen molar-refractivity contribution in [2.45, 2.75) is 11.1 Å². The van der Waals surface area contributed by atoms with Crippen LogP contribution in [0.15, 0.2) is 16.3 Å². The van der Waals surface area contributed by atoms with Crippen LogP contribution in [0.4, 0.5) is 4.79 Å². The number of hydrogen-bond acceptors (Lipinski definition) is 4. The zero-order valence-corrected chi connectivity index (χ0v) is 12.5. The quantitative estimate of drug-likeness (QED) is 0.877. The Morgan fingerprint density at radius 2 is 2.00 bits per heavy atom. The molecule has 1 aromatic carbocycles. The third-order valence-corrected chi connectivity index (χ3v) is 6.21. The van der Waals surface area contributed by atoms with E-state index in [1.54, 1.807) is 13.0 Å². The molecule has 1 amide bonds. The first-order chi connectivity index (χ1) is 8.72. The lowest BCUT2D eigenvalue weighted by Crippen LogP contribution is -2.28. The van der Waals surface area contributed by atoms with Crippen molar-refractivity contribution in [1.29, 1.82) is 0 Å². The van der Waals surface area contributed by atoms with Crippen LogP contribution in [0.3, 0.4) is 0 Å². The minimum absolute atomic E-state index is 0.153. The Bertz CT molecular complexity index is 782. The highest BCUT2D eigenvalue weighted by Gasteiger charge is 2.22. The van der Waals surface area contributed by atoms with Gasteiger partial charge in [0, 0.05) is 5.39 Å². The summed E-state index contributed by atoms with van der Waals surface area (Å²) in [5.74, 6) is 0. The van der Waals surface area contributed by atoms with Crippen molar-refractivity contribution >= 4 is 60.7 Å². The van der Waals surface area contributed by atoms with Crippen molar-refractivity contribution in [2.75, 3.05) is 0 Å². The molecule has 102 valence electrons. The molecule has 0 fully saturated rings. The van der Waals surface area contributed by atoms with Crippen LogP contribution in [-0.4, -0.2) is 19.6 Å². The predicted molar refractivity (Wildman–Crippen MR) is 74.9 cm³/mol. The second-order valence-electron chi connectivity index (χ2n) is 3.71. The van der Waals surface area contributed by atoms with Crippen molar-refractivity contribution in [3.8, 4) is 0 Å². The van der Waals surface area contributed by atoms with Gasteiger partial charge < -0.3 is 5.11 Å². The van der Waals surface area contributed by atoms with Gasteiger partial charge in [0.1, 0.15) is 4.21 Å². The number of sulfonamides is 1. The normalized spacial score (nSPS) is 11.7. The van der Waals surface area contributed by atoms with Crippen molar-refractivity contribution < 1.29 is 18.3 Å². The number of amides is 1. The largest absolute Gasteiger partial charge is 0.464 e. The van der Waals surface area contributed by atoms with Gasteiger partial charge in [-0.2, -0.15) is 0 Å². The van der Waals surface area contributed by atoms with Crippen LogP contribution in [0, 0.1) is 6.92 Å². The highest BCUT2D eigenvalue weighted by molar-refractivity contribution is 7.92. The smallest absolute Gasteiger partial charge is 0.418 e. The molecule has 1 heterocycles. The molecule has 19 heavy (non-hydrogen) atoms. The molecular weight excluding hydrogens is 333 g/mol. The summed E-state index contributed by atoms with van der Waals surface area (Å²) >= 11 is 13.0. The molecule has 0 bridgehead atoms. The number of halogens is 2. The molecule has 0 spiro atoms. The van der Waals surface area contributed by atoms with Crippen LogP contribution >= 0.6 is 34.5 Å². The van der Waals surface area contributed by atoms with Gasteiger partial charge in [-0.25, -0.2) is 17.9 Å². The molecule has 0 saturated heterocycles. The zero-order valence-electron chi connectivity index (χ0n) is 9.40. The molecule has 0 unspecified atom stereocenters. The number of carbonyl (C=O) groups is 1. The fraction of sp³-hybridized carbons (Fsp3) is 0.100. The van der Waals surface area contributed by atoms with Crippen molar-refractivity contribution in [1.82, 2.24) is 4.72 Å². The molecule has 9 heteroatoms. The highest BCUT2D eigenvalue weighted by Crippen LogP contribution is 2.39. The van der Waals surface area contributed by atoms with E-state index >= 15 is 0 Å². The number of rotatable bonds is 2. The Morgan fingerprint density at radius 3 is 2.58 bits per heavy atom. The molecule has 1 aromatic heterocycles. The van der Waals surface area contributed by atoms with E-state index in [1.165, 1.54) is 10.8 Å². The second-order valence-corrected chi connectivity index (χ2v) is 7.45. The Labute approximate surface area is 122 Å². The lowest BCUT2D eigenvalue weighted by Gasteiger charge is -2.00. The molecule has 0 saturated carbocycles. The minimum Gasteiger partial charge on any atom is -0.464 e. The van der Waals surface area contributed by atoms with Gasteiger partial charge in [0.25, 0.3) is 10.0 Å². The number of fused-ring (bicyclic) bond motifs is 1. The van der Waals surface area contributed by atoms with E-state index in [0.717, 1.165) is 11.3 Å². The van der Waals surface area contributed by atoms with E-state index in [2.05, 4.69) is 0 Å². The summed E-state index contributed by atoms with van der Waals surface area (Å²) in [5, 5.41) is 9.76. The molecule has 2 aromatic rings. The Morgan fingerprint density at radius 1 is 1.37 bits per heavy atom. The summed E-state index contributed by atoms with van der Waals surface area (Å²) < 4.78 is 25.3. The topological polar surface area (TPSA) is 83.5 Å². The van der Waals surface area contributed by atoms with Crippen molar-refractivity contribution in [2.24, 2.45) is 0 Å². The number of aryl methyl sites for hydroxylation is 1. The average molecular weight is 340 g/mol. The summed E-state index contributed by atoms with van der Waals surface area (Å²) in [5.41, 5.74) is 0.715. The van der Waals surface area contributed by atoms with Gasteiger partial charge in [-0.3, -0.25) is 0 Å². The Hall–Kier alpha value is -1.02. The van der Waals surface area contributed by atoms with Crippen LogP contribution in [0.1, 0.15) is 5.56 Å². The first-order valence-electron chi connectivity index (χ1n) is 4.86. The third kappa shape index (κ3) is 2.64. The van der Waals surface area contributed by atoms with E-state index in [-0.39, 0.29) is 4.21 Å². The lowest BCUT2D eigenvalue weighted by atomic mass is 10.2. The van der Waals surface area contributed by atoms with Gasteiger partial charge in [-0.05, 0) is 24.6 Å². The molecule has 0 aliphatic heterocycles. The fourth-order valence-corrected chi connectivity index (χ4v) is 4.40. The van der Waals surface area contributed by atoms with Crippen LogP contribution in [0.5, 0.6) is 0 Å². The maximum absolute atomic E-state index is 11.8. The van der Waals surface area contributed by atoms with Crippen LogP contribution in [0.25, 0.3) is 10.1 Å². The zero-order chi connectivity index (χ0) is 14.4. The van der Waals surface area contributed by atoms with Crippen LogP contribution in [-0.2, 0) is 10.0 Å². The van der Waals surface area contributed by atoms with Gasteiger partial charge in [0.05, 0.1) is 14.7 Å². The molecule has 0 radical (unpaired) electrons. The average Bonchev–Trinajstić information content (AvgIpc) is 2.70. The third-order valence-electron chi connectivity index (χ3n) is 2.34. The predicted octanol–water partition coefficient (Wildman–Crippen LogP) is 3.47. The van der Waals surface area contributed by atoms with Crippen molar-refractivity contribution in [3.05, 3.63) is 27.7 Å². The van der Waals surface area contributed by atoms with E-state index in [0.29, 0.717) is 25.7 Å². The first-order valence-corrected chi connectivity index (χ1v) is 7.92. The maximum Gasteiger partial charge on any atom is 0.418 e. The van der Waals surface area contributed by atoms with Crippen LogP contribution < -0.4 is 4.72 Å². The molecule has 0 aliphatic carbocycles. The van der Waals surface area contributed by atoms with E-state index in [9.17, 15) is 13.2 Å². The molecule has 2 rings (SSSR count). The molecular formula is C10H7Cl2NO4S2. The fourth-order valence-electron chi connectivity index (χ4n) is 1.54. The van der Waals surface area contributed by atoms with Gasteiger partial charge >= 0.3 is 6.09 Å². The monoisotopic (exact) mass is 339 g/mol. The number of carboxylic acid groups (broad SMARTS) is 1. The standard InChI is InChI=1S/C10H7Cl2NO4S2/c1-4-2-6(11)9-5(8(4)12)3-7(18-9)19(16,17)13-10(14)15/h2-3,13H,1H3,(H,14,15). The summed E-state index contributed by atoms with van der Waals surface area (Å²) in [4.78, 5) is 10.5. The molecule has 2 N–H and O–H groups in total. The van der Waals surface area contributed by atoms with Gasteiger partial charge in [0.2, 0.25) is 0 Å². The summed E-state index contributed by atoms with van der Waals surface area (Å²) in [7, 11) is -4.12. The van der Waals surface area contributed by atoms with E-state index in [4.69, 9.17) is 28.3 Å². The van der Waals surface area contributed by atoms with E-state index < -0.39 is 16.1 Å². The van der Waals surface area contributed by atoms with Gasteiger partial charge in [0.15, 0.2) is 0 Å².